The van der Waals surface area contributed by atoms with E-state index in [2.05, 4.69) is 194 Å². The van der Waals surface area contributed by atoms with Gasteiger partial charge in [0.05, 0.1) is 0 Å². The first kappa shape index (κ1) is 32.7. The molecule has 0 amide bonds. The first-order valence-corrected chi connectivity index (χ1v) is 19.2. The van der Waals surface area contributed by atoms with Gasteiger partial charge in [0.1, 0.15) is 11.2 Å². The van der Waals surface area contributed by atoms with Crippen LogP contribution in [0.3, 0.4) is 0 Å². The maximum atomic E-state index is 6.43. The minimum atomic E-state index is 0.621. The second kappa shape index (κ2) is 13.6. The Morgan fingerprint density at radius 1 is 0.246 bits per heavy atom. The van der Waals surface area contributed by atoms with Crippen molar-refractivity contribution in [2.45, 2.75) is 0 Å². The summed E-state index contributed by atoms with van der Waals surface area (Å²) in [5.74, 6) is 1.88. The molecular formula is C53H33N3O. The normalized spacial score (nSPS) is 11.5. The molecule has 0 radical (unpaired) electrons. The Morgan fingerprint density at radius 2 is 0.596 bits per heavy atom. The summed E-state index contributed by atoms with van der Waals surface area (Å²) in [4.78, 5) is 15.2. The van der Waals surface area contributed by atoms with E-state index in [0.717, 1.165) is 66.3 Å². The van der Waals surface area contributed by atoms with Gasteiger partial charge < -0.3 is 4.42 Å². The van der Waals surface area contributed by atoms with Crippen molar-refractivity contribution >= 4 is 43.5 Å². The highest BCUT2D eigenvalue weighted by Crippen LogP contribution is 2.36. The van der Waals surface area contributed by atoms with E-state index < -0.39 is 0 Å². The van der Waals surface area contributed by atoms with Gasteiger partial charge in [0.25, 0.3) is 0 Å². The molecule has 0 aliphatic rings. The Morgan fingerprint density at radius 3 is 1.12 bits per heavy atom. The molecule has 266 valence electrons. The van der Waals surface area contributed by atoms with Gasteiger partial charge in [-0.2, -0.15) is 0 Å². The Hall–Kier alpha value is -7.69. The standard InChI is InChI=1S/C53H33N3O/c1-2-8-34(9-3-1)44-26-28-47-48-29-27-45(33-50(48)57-49(47)32-44)38-16-22-40(23-17-38)52-54-51(55-53(56-52)46-25-19-36-11-5-7-13-42(36)31-46)39-20-14-37(15-21-39)43-24-18-35-10-4-6-12-41(35)30-43/h1-33H. The Kier molecular flexibility index (Phi) is 7.78. The highest BCUT2D eigenvalue weighted by atomic mass is 16.3. The number of fused-ring (bicyclic) bond motifs is 5. The van der Waals surface area contributed by atoms with Gasteiger partial charge in [-0.3, -0.25) is 0 Å². The lowest BCUT2D eigenvalue weighted by atomic mass is 10.00. The molecule has 2 heterocycles. The fourth-order valence-corrected chi connectivity index (χ4v) is 7.85. The molecule has 11 rings (SSSR count). The van der Waals surface area contributed by atoms with E-state index >= 15 is 0 Å². The van der Waals surface area contributed by atoms with Crippen molar-refractivity contribution in [1.82, 2.24) is 15.0 Å². The second-order valence-electron chi connectivity index (χ2n) is 14.5. The molecule has 0 spiro atoms. The van der Waals surface area contributed by atoms with Crippen LogP contribution in [-0.2, 0) is 0 Å². The molecule has 11 aromatic rings. The SMILES string of the molecule is c1ccc(-c2ccc3c(c2)oc2cc(-c4ccc(-c5nc(-c6ccc(-c7ccc8ccccc8c7)cc6)nc(-c6ccc7ccccc7c6)n5)cc4)ccc23)cc1. The Balaban J connectivity index is 0.949. The number of hydrogen-bond donors (Lipinski definition) is 0. The van der Waals surface area contributed by atoms with E-state index in [1.165, 1.54) is 27.3 Å². The van der Waals surface area contributed by atoms with Gasteiger partial charge in [-0.1, -0.05) is 164 Å². The summed E-state index contributed by atoms with van der Waals surface area (Å²) < 4.78 is 6.43. The van der Waals surface area contributed by atoms with Crippen LogP contribution in [0.25, 0.3) is 111 Å². The lowest BCUT2D eigenvalue weighted by Crippen LogP contribution is -2.00. The minimum Gasteiger partial charge on any atom is -0.456 e. The molecule has 0 saturated carbocycles. The summed E-state index contributed by atoms with van der Waals surface area (Å²) in [6.07, 6.45) is 0. The van der Waals surface area contributed by atoms with E-state index in [9.17, 15) is 0 Å². The molecule has 4 heteroatoms. The summed E-state index contributed by atoms with van der Waals surface area (Å²) in [6.45, 7) is 0. The third-order valence-electron chi connectivity index (χ3n) is 10.9. The summed E-state index contributed by atoms with van der Waals surface area (Å²) in [5, 5.41) is 6.99. The molecule has 0 fully saturated rings. The van der Waals surface area contributed by atoms with E-state index in [4.69, 9.17) is 19.4 Å². The average Bonchev–Trinajstić information content (AvgIpc) is 3.66. The molecule has 4 nitrogen and oxygen atoms in total. The maximum absolute atomic E-state index is 6.43. The van der Waals surface area contributed by atoms with Crippen LogP contribution < -0.4 is 0 Å². The zero-order chi connectivity index (χ0) is 37.7. The maximum Gasteiger partial charge on any atom is 0.164 e. The molecule has 9 aromatic carbocycles. The van der Waals surface area contributed by atoms with Gasteiger partial charge in [-0.15, -0.1) is 0 Å². The van der Waals surface area contributed by atoms with Crippen LogP contribution in [0.15, 0.2) is 205 Å². The van der Waals surface area contributed by atoms with Crippen LogP contribution in [0.2, 0.25) is 0 Å². The fourth-order valence-electron chi connectivity index (χ4n) is 7.85. The van der Waals surface area contributed by atoms with Crippen molar-refractivity contribution in [1.29, 1.82) is 0 Å². The van der Waals surface area contributed by atoms with Gasteiger partial charge in [0.2, 0.25) is 0 Å². The zero-order valence-electron chi connectivity index (χ0n) is 30.8. The van der Waals surface area contributed by atoms with Gasteiger partial charge in [0, 0.05) is 27.5 Å². The Bertz CT molecular complexity index is 3280. The molecular weight excluding hydrogens is 695 g/mol. The first-order chi connectivity index (χ1) is 28.2. The molecule has 2 aromatic heterocycles. The average molecular weight is 728 g/mol. The number of rotatable bonds is 6. The lowest BCUT2D eigenvalue weighted by molar-refractivity contribution is 0.669. The van der Waals surface area contributed by atoms with Crippen molar-refractivity contribution < 1.29 is 4.42 Å². The highest BCUT2D eigenvalue weighted by molar-refractivity contribution is 6.07. The number of aromatic nitrogens is 3. The van der Waals surface area contributed by atoms with E-state index in [-0.39, 0.29) is 0 Å². The van der Waals surface area contributed by atoms with Crippen LogP contribution in [0.1, 0.15) is 0 Å². The summed E-state index contributed by atoms with van der Waals surface area (Å²) >= 11 is 0. The molecule has 0 unspecified atom stereocenters. The predicted octanol–water partition coefficient (Wildman–Crippen LogP) is 14.1. The molecule has 0 saturated heterocycles. The van der Waals surface area contributed by atoms with Gasteiger partial charge in [-0.05, 0) is 91.3 Å². The van der Waals surface area contributed by atoms with Crippen molar-refractivity contribution in [3.8, 4) is 67.5 Å². The zero-order valence-corrected chi connectivity index (χ0v) is 30.8. The monoisotopic (exact) mass is 727 g/mol. The van der Waals surface area contributed by atoms with Crippen molar-refractivity contribution in [3.63, 3.8) is 0 Å². The molecule has 0 atom stereocenters. The van der Waals surface area contributed by atoms with Gasteiger partial charge in [-0.25, -0.2) is 15.0 Å². The predicted molar refractivity (Wildman–Crippen MR) is 235 cm³/mol. The van der Waals surface area contributed by atoms with Crippen LogP contribution in [0, 0.1) is 0 Å². The highest BCUT2D eigenvalue weighted by Gasteiger charge is 2.15. The summed E-state index contributed by atoms with van der Waals surface area (Å²) in [5.41, 5.74) is 11.3. The number of furan rings is 1. The van der Waals surface area contributed by atoms with Crippen LogP contribution in [0.5, 0.6) is 0 Å². The quantitative estimate of drug-likeness (QED) is 0.171. The molecule has 0 aliphatic heterocycles. The summed E-state index contributed by atoms with van der Waals surface area (Å²) in [6, 6.07) is 70.0. The van der Waals surface area contributed by atoms with Gasteiger partial charge in [0.15, 0.2) is 17.5 Å². The van der Waals surface area contributed by atoms with Gasteiger partial charge >= 0.3 is 0 Å². The van der Waals surface area contributed by atoms with Crippen molar-refractivity contribution in [3.05, 3.63) is 200 Å². The smallest absolute Gasteiger partial charge is 0.164 e. The first-order valence-electron chi connectivity index (χ1n) is 19.2. The molecule has 0 aliphatic carbocycles. The molecule has 0 N–H and O–H groups in total. The topological polar surface area (TPSA) is 51.8 Å². The number of hydrogen-bond acceptors (Lipinski definition) is 4. The number of nitrogens with zero attached hydrogens (tertiary/aromatic N) is 3. The van der Waals surface area contributed by atoms with E-state index in [0.29, 0.717) is 17.5 Å². The van der Waals surface area contributed by atoms with E-state index in [1.54, 1.807) is 0 Å². The molecule has 57 heavy (non-hydrogen) atoms. The van der Waals surface area contributed by atoms with Crippen LogP contribution >= 0.6 is 0 Å². The third kappa shape index (κ3) is 6.10. The van der Waals surface area contributed by atoms with Crippen molar-refractivity contribution in [2.75, 3.05) is 0 Å². The second-order valence-corrected chi connectivity index (χ2v) is 14.5. The van der Waals surface area contributed by atoms with E-state index in [1.807, 2.05) is 6.07 Å². The molecule has 0 bridgehead atoms. The largest absolute Gasteiger partial charge is 0.456 e. The fraction of sp³-hybridized carbons (Fsp3) is 0. The Labute approximate surface area is 329 Å². The lowest BCUT2D eigenvalue weighted by Gasteiger charge is -2.10. The van der Waals surface area contributed by atoms with Crippen LogP contribution in [0.4, 0.5) is 0 Å². The third-order valence-corrected chi connectivity index (χ3v) is 10.9. The minimum absolute atomic E-state index is 0.621. The van der Waals surface area contributed by atoms with Crippen molar-refractivity contribution in [2.24, 2.45) is 0 Å². The number of benzene rings is 9. The summed E-state index contributed by atoms with van der Waals surface area (Å²) in [7, 11) is 0. The van der Waals surface area contributed by atoms with Crippen LogP contribution in [-0.4, -0.2) is 15.0 Å².